The van der Waals surface area contributed by atoms with Crippen LogP contribution in [0.15, 0.2) is 48.5 Å². The lowest BCUT2D eigenvalue weighted by molar-refractivity contribution is -0.145. The molecule has 2 aromatic rings. The maximum absolute atomic E-state index is 12.8. The molecule has 1 amide bonds. The van der Waals surface area contributed by atoms with Gasteiger partial charge < -0.3 is 10.1 Å². The van der Waals surface area contributed by atoms with Gasteiger partial charge in [-0.3, -0.25) is 4.79 Å². The Labute approximate surface area is 167 Å². The van der Waals surface area contributed by atoms with E-state index in [0.29, 0.717) is 5.56 Å². The van der Waals surface area contributed by atoms with Crippen LogP contribution in [0.25, 0.3) is 0 Å². The van der Waals surface area contributed by atoms with Crippen LogP contribution >= 0.6 is 0 Å². The van der Waals surface area contributed by atoms with Crippen LogP contribution in [0.5, 0.6) is 0 Å². The van der Waals surface area contributed by atoms with Crippen molar-refractivity contribution >= 4 is 11.9 Å². The van der Waals surface area contributed by atoms with E-state index in [1.54, 1.807) is 0 Å². The third-order valence-corrected chi connectivity index (χ3v) is 4.16. The standard InChI is InChI=1S/C20H17F6NO3/c1-30-18(29)16(10-12-5-7-14(8-6-12)19(21,22)23)27-17(28)11-13-3-2-4-15(9-13)20(24,25)26/h2-9,16H,10-11H2,1H3,(H,27,28)/t16-/m0/s1. The highest BCUT2D eigenvalue weighted by Crippen LogP contribution is 2.30. The SMILES string of the molecule is COC(=O)[C@H](Cc1ccc(C(F)(F)F)cc1)NC(=O)Cc1cccc(C(F)(F)F)c1. The number of carbonyl (C=O) groups is 2. The van der Waals surface area contributed by atoms with E-state index in [9.17, 15) is 35.9 Å². The highest BCUT2D eigenvalue weighted by molar-refractivity contribution is 5.85. The van der Waals surface area contributed by atoms with Crippen LogP contribution in [-0.4, -0.2) is 25.0 Å². The number of halogens is 6. The highest BCUT2D eigenvalue weighted by Gasteiger charge is 2.31. The molecule has 30 heavy (non-hydrogen) atoms. The zero-order valence-corrected chi connectivity index (χ0v) is 15.6. The Hall–Kier alpha value is -3.04. The first-order chi connectivity index (χ1) is 13.9. The molecule has 0 aliphatic heterocycles. The number of hydrogen-bond donors (Lipinski definition) is 1. The Morgan fingerprint density at radius 2 is 1.50 bits per heavy atom. The number of ether oxygens (including phenoxy) is 1. The molecule has 0 radical (unpaired) electrons. The van der Waals surface area contributed by atoms with Crippen molar-refractivity contribution in [3.05, 3.63) is 70.8 Å². The lowest BCUT2D eigenvalue weighted by Crippen LogP contribution is -2.43. The number of methoxy groups -OCH3 is 1. The maximum Gasteiger partial charge on any atom is 0.416 e. The van der Waals surface area contributed by atoms with E-state index in [1.807, 2.05) is 0 Å². The number of benzene rings is 2. The Bertz CT molecular complexity index is 891. The molecule has 2 aromatic carbocycles. The summed E-state index contributed by atoms with van der Waals surface area (Å²) in [5.74, 6) is -1.58. The van der Waals surface area contributed by atoms with E-state index < -0.39 is 47.8 Å². The minimum Gasteiger partial charge on any atom is -0.467 e. The van der Waals surface area contributed by atoms with Gasteiger partial charge in [-0.1, -0.05) is 30.3 Å². The molecule has 4 nitrogen and oxygen atoms in total. The first kappa shape index (κ1) is 23.2. The lowest BCUT2D eigenvalue weighted by Gasteiger charge is -2.17. The molecule has 0 aliphatic carbocycles. The summed E-state index contributed by atoms with van der Waals surface area (Å²) in [6.07, 6.45) is -9.66. The highest BCUT2D eigenvalue weighted by atomic mass is 19.4. The van der Waals surface area contributed by atoms with Gasteiger partial charge in [0.2, 0.25) is 5.91 Å². The molecule has 0 bridgehead atoms. The molecular weight excluding hydrogens is 416 g/mol. The van der Waals surface area contributed by atoms with Crippen LogP contribution < -0.4 is 5.32 Å². The molecule has 0 saturated heterocycles. The van der Waals surface area contributed by atoms with Crippen LogP contribution in [0.2, 0.25) is 0 Å². The second-order valence-corrected chi connectivity index (χ2v) is 6.42. The molecule has 0 aliphatic rings. The smallest absolute Gasteiger partial charge is 0.416 e. The van der Waals surface area contributed by atoms with E-state index in [4.69, 9.17) is 0 Å². The van der Waals surface area contributed by atoms with Gasteiger partial charge in [-0.05, 0) is 29.3 Å². The van der Waals surface area contributed by atoms with Crippen LogP contribution in [-0.2, 0) is 39.5 Å². The molecular formula is C20H17F6NO3. The van der Waals surface area contributed by atoms with Crippen molar-refractivity contribution in [2.24, 2.45) is 0 Å². The van der Waals surface area contributed by atoms with Gasteiger partial charge in [-0.15, -0.1) is 0 Å². The van der Waals surface area contributed by atoms with Crippen molar-refractivity contribution in [1.29, 1.82) is 0 Å². The molecule has 0 aromatic heterocycles. The van der Waals surface area contributed by atoms with Crippen LogP contribution in [0.1, 0.15) is 22.3 Å². The van der Waals surface area contributed by atoms with Gasteiger partial charge in [0, 0.05) is 6.42 Å². The summed E-state index contributed by atoms with van der Waals surface area (Å²) in [7, 11) is 1.07. The van der Waals surface area contributed by atoms with E-state index in [2.05, 4.69) is 10.1 Å². The van der Waals surface area contributed by atoms with Crippen molar-refractivity contribution in [3.8, 4) is 0 Å². The fourth-order valence-electron chi connectivity index (χ4n) is 2.69. The number of esters is 1. The van der Waals surface area contributed by atoms with Crippen molar-refractivity contribution in [2.45, 2.75) is 31.2 Å². The van der Waals surface area contributed by atoms with Gasteiger partial charge >= 0.3 is 18.3 Å². The molecule has 162 valence electrons. The Morgan fingerprint density at radius 1 is 0.900 bits per heavy atom. The van der Waals surface area contributed by atoms with E-state index in [0.717, 1.165) is 49.6 Å². The fraction of sp³-hybridized carbons (Fsp3) is 0.300. The molecule has 0 saturated carbocycles. The van der Waals surface area contributed by atoms with Gasteiger partial charge in [-0.25, -0.2) is 4.79 Å². The lowest BCUT2D eigenvalue weighted by atomic mass is 10.0. The minimum atomic E-state index is -4.57. The summed E-state index contributed by atoms with van der Waals surface area (Å²) in [5.41, 5.74) is -1.37. The summed E-state index contributed by atoms with van der Waals surface area (Å²) in [4.78, 5) is 24.2. The van der Waals surface area contributed by atoms with Crippen molar-refractivity contribution in [2.75, 3.05) is 7.11 Å². The molecule has 10 heteroatoms. The predicted molar refractivity (Wildman–Crippen MR) is 94.2 cm³/mol. The van der Waals surface area contributed by atoms with Crippen LogP contribution in [0.3, 0.4) is 0 Å². The summed E-state index contributed by atoms with van der Waals surface area (Å²) >= 11 is 0. The number of rotatable bonds is 6. The summed E-state index contributed by atoms with van der Waals surface area (Å²) < 4.78 is 80.9. The van der Waals surface area contributed by atoms with Crippen LogP contribution in [0.4, 0.5) is 26.3 Å². The van der Waals surface area contributed by atoms with Gasteiger partial charge in [0.15, 0.2) is 0 Å². The quantitative estimate of drug-likeness (QED) is 0.550. The zero-order valence-electron chi connectivity index (χ0n) is 15.6. The first-order valence-electron chi connectivity index (χ1n) is 8.59. The largest absolute Gasteiger partial charge is 0.467 e. The second-order valence-electron chi connectivity index (χ2n) is 6.42. The van der Waals surface area contributed by atoms with Gasteiger partial charge in [0.25, 0.3) is 0 Å². The number of hydrogen-bond acceptors (Lipinski definition) is 3. The van der Waals surface area contributed by atoms with Gasteiger partial charge in [0.05, 0.1) is 24.7 Å². The topological polar surface area (TPSA) is 55.4 Å². The molecule has 0 spiro atoms. The average Bonchev–Trinajstić information content (AvgIpc) is 2.66. The molecule has 0 heterocycles. The zero-order chi connectivity index (χ0) is 22.5. The summed E-state index contributed by atoms with van der Waals surface area (Å²) in [6.45, 7) is 0. The molecule has 0 fully saturated rings. The Morgan fingerprint density at radius 3 is 2.03 bits per heavy atom. The number of amides is 1. The third kappa shape index (κ3) is 6.50. The minimum absolute atomic E-state index is 0.0838. The summed E-state index contributed by atoms with van der Waals surface area (Å²) in [6, 6.07) is 6.97. The van der Waals surface area contributed by atoms with Crippen molar-refractivity contribution < 1.29 is 40.7 Å². The number of carbonyl (C=O) groups excluding carboxylic acids is 2. The summed E-state index contributed by atoms with van der Waals surface area (Å²) in [5, 5.41) is 2.35. The van der Waals surface area contributed by atoms with Crippen molar-refractivity contribution in [1.82, 2.24) is 5.32 Å². The average molecular weight is 433 g/mol. The molecule has 2 rings (SSSR count). The molecule has 1 atom stereocenters. The molecule has 0 unspecified atom stereocenters. The first-order valence-corrected chi connectivity index (χ1v) is 8.59. The van der Waals surface area contributed by atoms with E-state index in [-0.39, 0.29) is 12.0 Å². The van der Waals surface area contributed by atoms with E-state index in [1.165, 1.54) is 6.07 Å². The fourth-order valence-corrected chi connectivity index (χ4v) is 2.69. The second kappa shape index (κ2) is 9.19. The third-order valence-electron chi connectivity index (χ3n) is 4.16. The maximum atomic E-state index is 12.8. The van der Waals surface area contributed by atoms with Gasteiger partial charge in [0.1, 0.15) is 6.04 Å². The number of nitrogens with one attached hydrogen (secondary N) is 1. The monoisotopic (exact) mass is 433 g/mol. The Balaban J connectivity index is 2.09. The Kier molecular flexibility index (Phi) is 7.12. The van der Waals surface area contributed by atoms with E-state index >= 15 is 0 Å². The molecule has 1 N–H and O–H groups in total. The van der Waals surface area contributed by atoms with Gasteiger partial charge in [-0.2, -0.15) is 26.3 Å². The normalized spacial score (nSPS) is 12.9. The van der Waals surface area contributed by atoms with Crippen LogP contribution in [0, 0.1) is 0 Å². The van der Waals surface area contributed by atoms with Crippen molar-refractivity contribution in [3.63, 3.8) is 0 Å². The number of alkyl halides is 6. The predicted octanol–water partition coefficient (Wildman–Crippen LogP) is 4.17.